The molecule has 0 saturated heterocycles. The highest BCUT2D eigenvalue weighted by Gasteiger charge is 2.32. The first-order valence-corrected chi connectivity index (χ1v) is 12.2. The lowest BCUT2D eigenvalue weighted by Crippen LogP contribution is -2.52. The molecule has 0 heterocycles. The van der Waals surface area contributed by atoms with E-state index in [1.165, 1.54) is 0 Å². The first-order valence-electron chi connectivity index (χ1n) is 12.2. The largest absolute Gasteiger partial charge is 0.444 e. The van der Waals surface area contributed by atoms with Gasteiger partial charge in [-0.15, -0.1) is 0 Å². The lowest BCUT2D eigenvalue weighted by atomic mass is 9.85. The minimum atomic E-state index is -0.675. The van der Waals surface area contributed by atoms with Crippen LogP contribution in [0.3, 0.4) is 0 Å². The number of nitrogen functional groups attached to an aromatic ring is 1. The Kier molecular flexibility index (Phi) is 10.9. The summed E-state index contributed by atoms with van der Waals surface area (Å²) in [5.41, 5.74) is 5.94. The standard InChI is InChI=1S/C26H44N4O5/c1-9-12-26(13-15-28-22(32)34-24(3,4)5,14-16-29-23(33)35-25(6,7)8)30-21(31)19-10-11-20(27)18(2)17-19/h10-11,17H,9,12-16,27H2,1-8H3,(H,28,32)(H,29,33)(H,30,31). The number of rotatable bonds is 10. The molecule has 0 bridgehead atoms. The van der Waals surface area contributed by atoms with Crippen molar-refractivity contribution < 1.29 is 23.9 Å². The lowest BCUT2D eigenvalue weighted by Gasteiger charge is -2.35. The van der Waals surface area contributed by atoms with Crippen LogP contribution in [0.1, 0.15) is 90.1 Å². The summed E-state index contributed by atoms with van der Waals surface area (Å²) in [4.78, 5) is 37.5. The van der Waals surface area contributed by atoms with E-state index in [4.69, 9.17) is 15.2 Å². The fraction of sp³-hybridized carbons (Fsp3) is 0.654. The molecule has 0 aliphatic rings. The van der Waals surface area contributed by atoms with E-state index in [2.05, 4.69) is 16.0 Å². The lowest BCUT2D eigenvalue weighted by molar-refractivity contribution is 0.0519. The molecule has 1 rings (SSSR count). The van der Waals surface area contributed by atoms with Crippen LogP contribution in [0.4, 0.5) is 15.3 Å². The minimum absolute atomic E-state index is 0.240. The number of alkyl carbamates (subject to hydrolysis) is 2. The van der Waals surface area contributed by atoms with Gasteiger partial charge in [0.1, 0.15) is 11.2 Å². The van der Waals surface area contributed by atoms with Crippen molar-refractivity contribution in [2.45, 2.75) is 97.8 Å². The summed E-state index contributed by atoms with van der Waals surface area (Å²) in [5.74, 6) is -0.240. The number of hydrogen-bond donors (Lipinski definition) is 4. The van der Waals surface area contributed by atoms with E-state index in [1.54, 1.807) is 59.7 Å². The molecule has 0 saturated carbocycles. The predicted octanol–water partition coefficient (Wildman–Crippen LogP) is 4.68. The minimum Gasteiger partial charge on any atom is -0.444 e. The molecule has 0 atom stereocenters. The molecule has 9 nitrogen and oxygen atoms in total. The van der Waals surface area contributed by atoms with Gasteiger partial charge in [-0.3, -0.25) is 4.79 Å². The predicted molar refractivity (Wildman–Crippen MR) is 138 cm³/mol. The number of benzene rings is 1. The summed E-state index contributed by atoms with van der Waals surface area (Å²) >= 11 is 0. The number of nitrogens with one attached hydrogen (secondary N) is 3. The van der Waals surface area contributed by atoms with Gasteiger partial charge >= 0.3 is 12.2 Å². The summed E-state index contributed by atoms with van der Waals surface area (Å²) in [5, 5.41) is 8.72. The van der Waals surface area contributed by atoms with E-state index in [9.17, 15) is 14.4 Å². The number of hydrogen-bond acceptors (Lipinski definition) is 6. The van der Waals surface area contributed by atoms with E-state index in [-0.39, 0.29) is 5.91 Å². The fourth-order valence-corrected chi connectivity index (χ4v) is 3.61. The van der Waals surface area contributed by atoms with Crippen molar-refractivity contribution in [3.63, 3.8) is 0 Å². The van der Waals surface area contributed by atoms with E-state index >= 15 is 0 Å². The van der Waals surface area contributed by atoms with Crippen molar-refractivity contribution in [2.75, 3.05) is 18.8 Å². The molecule has 0 aromatic heterocycles. The van der Waals surface area contributed by atoms with Crippen LogP contribution in [0.15, 0.2) is 18.2 Å². The highest BCUT2D eigenvalue weighted by atomic mass is 16.6. The third-order valence-electron chi connectivity index (χ3n) is 5.18. The van der Waals surface area contributed by atoms with Gasteiger partial charge in [0.05, 0.1) is 0 Å². The summed E-state index contributed by atoms with van der Waals surface area (Å²) in [7, 11) is 0. The average molecular weight is 493 g/mol. The summed E-state index contributed by atoms with van der Waals surface area (Å²) in [6.45, 7) is 15.2. The van der Waals surface area contributed by atoms with Crippen LogP contribution in [-0.4, -0.2) is 47.9 Å². The number of aryl methyl sites for hydroxylation is 1. The monoisotopic (exact) mass is 492 g/mol. The molecule has 9 heteroatoms. The molecule has 0 aliphatic carbocycles. The Morgan fingerprint density at radius 1 is 0.857 bits per heavy atom. The Hall–Kier alpha value is -2.97. The molecule has 5 N–H and O–H groups in total. The second-order valence-electron chi connectivity index (χ2n) is 10.9. The second-order valence-corrected chi connectivity index (χ2v) is 10.9. The number of nitrogens with two attached hydrogens (primary N) is 1. The number of ether oxygens (including phenoxy) is 2. The van der Waals surface area contributed by atoms with Crippen LogP contribution < -0.4 is 21.7 Å². The van der Waals surface area contributed by atoms with Gasteiger partial charge in [-0.05, 0) is 91.5 Å². The Bertz CT molecular complexity index is 837. The molecule has 198 valence electrons. The zero-order valence-corrected chi connectivity index (χ0v) is 22.6. The van der Waals surface area contributed by atoms with Gasteiger partial charge < -0.3 is 31.2 Å². The maximum Gasteiger partial charge on any atom is 0.407 e. The zero-order chi connectivity index (χ0) is 26.9. The molecule has 0 radical (unpaired) electrons. The van der Waals surface area contributed by atoms with Crippen LogP contribution >= 0.6 is 0 Å². The zero-order valence-electron chi connectivity index (χ0n) is 22.6. The molecule has 35 heavy (non-hydrogen) atoms. The molecular formula is C26H44N4O5. The normalized spacial score (nSPS) is 12.0. The van der Waals surface area contributed by atoms with Crippen molar-refractivity contribution in [3.05, 3.63) is 29.3 Å². The molecule has 0 aliphatic heterocycles. The fourth-order valence-electron chi connectivity index (χ4n) is 3.61. The number of amides is 3. The van der Waals surface area contributed by atoms with Crippen LogP contribution in [0.5, 0.6) is 0 Å². The van der Waals surface area contributed by atoms with Gasteiger partial charge in [0.2, 0.25) is 0 Å². The van der Waals surface area contributed by atoms with Crippen LogP contribution in [0, 0.1) is 6.92 Å². The highest BCUT2D eigenvalue weighted by Crippen LogP contribution is 2.24. The molecular weight excluding hydrogens is 448 g/mol. The number of anilines is 1. The van der Waals surface area contributed by atoms with E-state index in [1.807, 2.05) is 13.8 Å². The third-order valence-corrected chi connectivity index (χ3v) is 5.18. The van der Waals surface area contributed by atoms with Crippen LogP contribution in [-0.2, 0) is 9.47 Å². The van der Waals surface area contributed by atoms with Gasteiger partial charge in [-0.25, -0.2) is 9.59 Å². The number of carbonyl (C=O) groups is 3. The first kappa shape index (κ1) is 30.1. The van der Waals surface area contributed by atoms with Gasteiger partial charge in [0.25, 0.3) is 5.91 Å². The van der Waals surface area contributed by atoms with Crippen molar-refractivity contribution in [2.24, 2.45) is 0 Å². The molecule has 3 amide bonds. The number of carbonyl (C=O) groups excluding carboxylic acids is 3. The molecule has 0 spiro atoms. The Labute approximate surface area is 209 Å². The Morgan fingerprint density at radius 2 is 1.34 bits per heavy atom. The van der Waals surface area contributed by atoms with Gasteiger partial charge in [-0.2, -0.15) is 0 Å². The highest BCUT2D eigenvalue weighted by molar-refractivity contribution is 5.95. The topological polar surface area (TPSA) is 132 Å². The smallest absolute Gasteiger partial charge is 0.407 e. The Morgan fingerprint density at radius 3 is 1.74 bits per heavy atom. The maximum atomic E-state index is 13.2. The van der Waals surface area contributed by atoms with Crippen molar-refractivity contribution >= 4 is 23.8 Å². The van der Waals surface area contributed by atoms with Crippen LogP contribution in [0.2, 0.25) is 0 Å². The van der Waals surface area contributed by atoms with Gasteiger partial charge in [-0.1, -0.05) is 13.3 Å². The van der Waals surface area contributed by atoms with Crippen molar-refractivity contribution in [3.8, 4) is 0 Å². The summed E-state index contributed by atoms with van der Waals surface area (Å²) < 4.78 is 10.6. The van der Waals surface area contributed by atoms with Gasteiger partial charge in [0.15, 0.2) is 0 Å². The van der Waals surface area contributed by atoms with Crippen LogP contribution in [0.25, 0.3) is 0 Å². The molecule has 1 aromatic rings. The van der Waals surface area contributed by atoms with E-state index in [0.717, 1.165) is 12.0 Å². The van der Waals surface area contributed by atoms with Crippen molar-refractivity contribution in [1.29, 1.82) is 0 Å². The van der Waals surface area contributed by atoms with Crippen molar-refractivity contribution in [1.82, 2.24) is 16.0 Å². The average Bonchev–Trinajstić information content (AvgIpc) is 2.67. The third kappa shape index (κ3) is 11.8. The molecule has 0 fully saturated rings. The summed E-state index contributed by atoms with van der Waals surface area (Å²) in [6, 6.07) is 5.14. The van der Waals surface area contributed by atoms with E-state index in [0.29, 0.717) is 43.6 Å². The van der Waals surface area contributed by atoms with Gasteiger partial charge in [0, 0.05) is 29.9 Å². The SMILES string of the molecule is CCCC(CCNC(=O)OC(C)(C)C)(CCNC(=O)OC(C)(C)C)NC(=O)c1ccc(N)c(C)c1. The molecule has 0 unspecified atom stereocenters. The Balaban J connectivity index is 3.01. The molecule has 1 aromatic carbocycles. The first-order chi connectivity index (χ1) is 16.1. The summed E-state index contributed by atoms with van der Waals surface area (Å²) in [6.07, 6.45) is 1.31. The maximum absolute atomic E-state index is 13.2. The van der Waals surface area contributed by atoms with E-state index < -0.39 is 28.9 Å². The quantitative estimate of drug-likeness (QED) is 0.351. The second kappa shape index (κ2) is 12.7.